The number of aliphatic hydroxyl groups excluding tert-OH is 1. The third-order valence-corrected chi connectivity index (χ3v) is 1.15. The minimum Gasteiger partial charge on any atom is -0.478 e. The van der Waals surface area contributed by atoms with Gasteiger partial charge in [-0.25, -0.2) is 9.59 Å². The molecule has 0 aliphatic heterocycles. The zero-order valence-corrected chi connectivity index (χ0v) is 8.64. The predicted octanol–water partition coefficient (Wildman–Crippen LogP) is 1.05. The van der Waals surface area contributed by atoms with Crippen LogP contribution in [0.3, 0.4) is 0 Å². The van der Waals surface area contributed by atoms with Gasteiger partial charge in [0.05, 0.1) is 0 Å². The van der Waals surface area contributed by atoms with Gasteiger partial charge in [0.15, 0.2) is 0 Å². The molecule has 0 fully saturated rings. The van der Waals surface area contributed by atoms with Gasteiger partial charge in [0.1, 0.15) is 0 Å². The summed E-state index contributed by atoms with van der Waals surface area (Å²) < 4.78 is 0. The van der Waals surface area contributed by atoms with Gasteiger partial charge in [-0.3, -0.25) is 0 Å². The lowest BCUT2D eigenvalue weighted by atomic mass is 10.3. The number of hydrogen-bond acceptors (Lipinski definition) is 3. The molecule has 0 spiro atoms. The van der Waals surface area contributed by atoms with Crippen molar-refractivity contribution in [1.82, 2.24) is 0 Å². The van der Waals surface area contributed by atoms with E-state index >= 15 is 0 Å². The highest BCUT2D eigenvalue weighted by Gasteiger charge is 1.90. The van der Waals surface area contributed by atoms with Crippen molar-refractivity contribution in [3.63, 3.8) is 0 Å². The lowest BCUT2D eigenvalue weighted by Gasteiger charge is -1.84. The van der Waals surface area contributed by atoms with Crippen LogP contribution in [0.25, 0.3) is 0 Å². The summed E-state index contributed by atoms with van der Waals surface area (Å²) >= 11 is 0. The normalized spacial score (nSPS) is 9.20. The highest BCUT2D eigenvalue weighted by Crippen LogP contribution is 1.87. The molecule has 5 heteroatoms. The van der Waals surface area contributed by atoms with Crippen molar-refractivity contribution in [2.24, 2.45) is 0 Å². The Morgan fingerprint density at radius 3 is 2.07 bits per heavy atom. The van der Waals surface area contributed by atoms with Crippen LogP contribution >= 0.6 is 0 Å². The van der Waals surface area contributed by atoms with E-state index in [9.17, 15) is 9.59 Å². The molecule has 3 N–H and O–H groups in total. The van der Waals surface area contributed by atoms with E-state index in [1.165, 1.54) is 13.0 Å². The van der Waals surface area contributed by atoms with E-state index in [4.69, 9.17) is 15.3 Å². The van der Waals surface area contributed by atoms with Crippen LogP contribution in [0.15, 0.2) is 24.3 Å². The van der Waals surface area contributed by atoms with E-state index in [2.05, 4.69) is 6.58 Å². The number of carbonyl (C=O) groups is 2. The van der Waals surface area contributed by atoms with Gasteiger partial charge in [-0.05, 0) is 19.8 Å². The third kappa shape index (κ3) is 19.0. The summed E-state index contributed by atoms with van der Waals surface area (Å²) in [5.74, 6) is -1.87. The van der Waals surface area contributed by atoms with Crippen molar-refractivity contribution in [1.29, 1.82) is 0 Å². The monoisotopic (exact) mass is 216 g/mol. The molecule has 0 bridgehead atoms. The molecule has 0 aromatic heterocycles. The largest absolute Gasteiger partial charge is 0.478 e. The number of allylic oxidation sites excluding steroid dienone is 1. The van der Waals surface area contributed by atoms with Crippen molar-refractivity contribution in [3.05, 3.63) is 24.3 Å². The molecule has 0 radical (unpaired) electrons. The van der Waals surface area contributed by atoms with Gasteiger partial charge in [-0.2, -0.15) is 0 Å². The van der Waals surface area contributed by atoms with Crippen LogP contribution < -0.4 is 0 Å². The Balaban J connectivity index is 0. The number of hydrogen-bond donors (Lipinski definition) is 3. The van der Waals surface area contributed by atoms with Crippen LogP contribution in [0.2, 0.25) is 0 Å². The molecular weight excluding hydrogens is 200 g/mol. The molecule has 5 nitrogen and oxygen atoms in total. The summed E-state index contributed by atoms with van der Waals surface area (Å²) in [6.07, 6.45) is 3.86. The molecule has 0 aromatic carbocycles. The molecule has 0 rings (SSSR count). The Morgan fingerprint density at radius 1 is 1.33 bits per heavy atom. The summed E-state index contributed by atoms with van der Waals surface area (Å²) in [7, 11) is 0. The Hall–Kier alpha value is -1.62. The topological polar surface area (TPSA) is 94.8 Å². The van der Waals surface area contributed by atoms with Crippen LogP contribution in [-0.2, 0) is 9.59 Å². The molecule has 0 heterocycles. The molecule has 0 atom stereocenters. The fourth-order valence-electron chi connectivity index (χ4n) is 0.393. The SMILES string of the molecule is C=C(C)C(=O)O.O=C(O)C=CCCCO. The van der Waals surface area contributed by atoms with E-state index in [1.807, 2.05) is 0 Å². The number of aliphatic hydroxyl groups is 1. The maximum Gasteiger partial charge on any atom is 0.330 e. The molecule has 0 aliphatic rings. The van der Waals surface area contributed by atoms with E-state index in [-0.39, 0.29) is 12.2 Å². The Labute approximate surface area is 88.4 Å². The molecule has 0 aliphatic carbocycles. The van der Waals surface area contributed by atoms with Gasteiger partial charge >= 0.3 is 11.9 Å². The minimum atomic E-state index is -0.937. The van der Waals surface area contributed by atoms with Crippen molar-refractivity contribution in [2.75, 3.05) is 6.61 Å². The third-order valence-electron chi connectivity index (χ3n) is 1.15. The van der Waals surface area contributed by atoms with Gasteiger partial charge in [0.25, 0.3) is 0 Å². The number of aliphatic carboxylic acids is 2. The molecule has 86 valence electrons. The first kappa shape index (κ1) is 15.8. The van der Waals surface area contributed by atoms with E-state index in [0.717, 1.165) is 6.08 Å². The highest BCUT2D eigenvalue weighted by molar-refractivity contribution is 5.84. The first-order valence-corrected chi connectivity index (χ1v) is 4.31. The summed E-state index contributed by atoms with van der Waals surface area (Å²) in [5.41, 5.74) is 0.176. The Bertz CT molecular complexity index is 230. The highest BCUT2D eigenvalue weighted by atomic mass is 16.4. The lowest BCUT2D eigenvalue weighted by molar-refractivity contribution is -0.133. The number of rotatable bonds is 5. The number of carboxylic acid groups (broad SMARTS) is 2. The van der Waals surface area contributed by atoms with Gasteiger partial charge in [-0.1, -0.05) is 12.7 Å². The van der Waals surface area contributed by atoms with Crippen molar-refractivity contribution in [3.8, 4) is 0 Å². The van der Waals surface area contributed by atoms with E-state index in [1.54, 1.807) is 0 Å². The Kier molecular flexibility index (Phi) is 11.0. The number of carboxylic acids is 2. The van der Waals surface area contributed by atoms with Gasteiger partial charge in [0.2, 0.25) is 0 Å². The number of unbranched alkanes of at least 4 members (excludes halogenated alkanes) is 1. The fraction of sp³-hybridized carbons (Fsp3) is 0.400. The van der Waals surface area contributed by atoms with Gasteiger partial charge in [0, 0.05) is 18.3 Å². The second-order valence-corrected chi connectivity index (χ2v) is 2.69. The maximum atomic E-state index is 9.81. The average molecular weight is 216 g/mol. The molecule has 0 unspecified atom stereocenters. The van der Waals surface area contributed by atoms with Crippen LogP contribution in [0.1, 0.15) is 19.8 Å². The summed E-state index contributed by atoms with van der Waals surface area (Å²) in [5, 5.41) is 24.2. The van der Waals surface area contributed by atoms with Gasteiger partial charge in [-0.15, -0.1) is 0 Å². The minimum absolute atomic E-state index is 0.115. The van der Waals surface area contributed by atoms with Crippen molar-refractivity contribution < 1.29 is 24.9 Å². The molecular formula is C10H16O5. The fourth-order valence-corrected chi connectivity index (χ4v) is 0.393. The summed E-state index contributed by atoms with van der Waals surface area (Å²) in [6, 6.07) is 0. The summed E-state index contributed by atoms with van der Waals surface area (Å²) in [4.78, 5) is 19.4. The second-order valence-electron chi connectivity index (χ2n) is 2.69. The standard InChI is InChI=1S/C6H10O3.C4H6O2/c7-5-3-1-2-4-6(8)9;1-3(2)4(5)6/h2,4,7H,1,3,5H2,(H,8,9);1H2,2H3,(H,5,6). The van der Waals surface area contributed by atoms with Gasteiger partial charge < -0.3 is 15.3 Å². The predicted molar refractivity (Wildman–Crippen MR) is 55.5 cm³/mol. The van der Waals surface area contributed by atoms with Crippen LogP contribution in [-0.4, -0.2) is 33.9 Å². The zero-order chi connectivity index (χ0) is 12.3. The molecule has 0 amide bonds. The smallest absolute Gasteiger partial charge is 0.330 e. The lowest BCUT2D eigenvalue weighted by Crippen LogP contribution is -1.92. The second kappa shape index (κ2) is 10.5. The van der Waals surface area contributed by atoms with Crippen LogP contribution in [0, 0.1) is 0 Å². The van der Waals surface area contributed by atoms with Crippen molar-refractivity contribution >= 4 is 11.9 Å². The Morgan fingerprint density at radius 2 is 1.80 bits per heavy atom. The average Bonchev–Trinajstić information content (AvgIpc) is 2.13. The van der Waals surface area contributed by atoms with E-state index < -0.39 is 11.9 Å². The van der Waals surface area contributed by atoms with Crippen LogP contribution in [0.4, 0.5) is 0 Å². The van der Waals surface area contributed by atoms with Crippen molar-refractivity contribution in [2.45, 2.75) is 19.8 Å². The van der Waals surface area contributed by atoms with E-state index in [0.29, 0.717) is 12.8 Å². The first-order chi connectivity index (χ1) is 6.91. The molecule has 0 aromatic rings. The maximum absolute atomic E-state index is 9.81. The quantitative estimate of drug-likeness (QED) is 0.471. The molecule has 0 saturated heterocycles. The molecule has 15 heavy (non-hydrogen) atoms. The first-order valence-electron chi connectivity index (χ1n) is 4.31. The zero-order valence-electron chi connectivity index (χ0n) is 8.64. The van der Waals surface area contributed by atoms with Crippen LogP contribution in [0.5, 0.6) is 0 Å². The summed E-state index contributed by atoms with van der Waals surface area (Å²) in [6.45, 7) is 4.72. The molecule has 0 saturated carbocycles.